The summed E-state index contributed by atoms with van der Waals surface area (Å²) in [6, 6.07) is 4.97. The molecular formula is C13H13F3N2OS. The van der Waals surface area contributed by atoms with Crippen molar-refractivity contribution in [2.75, 3.05) is 0 Å². The molecule has 0 saturated heterocycles. The van der Waals surface area contributed by atoms with E-state index in [9.17, 15) is 18.0 Å². The third kappa shape index (κ3) is 3.71. The largest absolute Gasteiger partial charge is 0.416 e. The summed E-state index contributed by atoms with van der Waals surface area (Å²) in [4.78, 5) is 13.5. The van der Waals surface area contributed by atoms with Gasteiger partial charge in [0, 0.05) is 23.7 Å². The molecule has 0 bridgehead atoms. The number of rotatable bonds is 4. The third-order valence-corrected chi connectivity index (χ3v) is 3.60. The van der Waals surface area contributed by atoms with Gasteiger partial charge in [-0.2, -0.15) is 13.2 Å². The zero-order chi connectivity index (χ0) is 14.8. The van der Waals surface area contributed by atoms with Gasteiger partial charge in [-0.05, 0) is 24.6 Å². The lowest BCUT2D eigenvalue weighted by Crippen LogP contribution is -2.19. The standard InChI is InChI=1S/C13H13F3N2OS/c1-8(17-6-11-7-20-12(19)18-11)9-3-2-4-10(5-9)13(14,15)16/h2-5,7-8,17H,6H2,1H3,(H,18,19). The van der Waals surface area contributed by atoms with E-state index >= 15 is 0 Å². The fourth-order valence-corrected chi connectivity index (χ4v) is 2.35. The highest BCUT2D eigenvalue weighted by Gasteiger charge is 2.30. The normalized spacial score (nSPS) is 13.4. The number of hydrogen-bond acceptors (Lipinski definition) is 3. The zero-order valence-corrected chi connectivity index (χ0v) is 11.4. The molecule has 1 atom stereocenters. The average molecular weight is 302 g/mol. The first-order chi connectivity index (χ1) is 9.36. The maximum absolute atomic E-state index is 12.6. The maximum atomic E-state index is 12.6. The molecule has 3 nitrogen and oxygen atoms in total. The Labute approximate surface area is 117 Å². The van der Waals surface area contributed by atoms with E-state index in [4.69, 9.17) is 0 Å². The van der Waals surface area contributed by atoms with Crippen molar-refractivity contribution in [2.45, 2.75) is 25.7 Å². The Morgan fingerprint density at radius 2 is 2.15 bits per heavy atom. The fraction of sp³-hybridized carbons (Fsp3) is 0.308. The summed E-state index contributed by atoms with van der Waals surface area (Å²) in [7, 11) is 0. The maximum Gasteiger partial charge on any atom is 0.416 e. The van der Waals surface area contributed by atoms with Gasteiger partial charge in [0.2, 0.25) is 0 Å². The van der Waals surface area contributed by atoms with Gasteiger partial charge in [0.25, 0.3) is 0 Å². The lowest BCUT2D eigenvalue weighted by Gasteiger charge is -2.15. The summed E-state index contributed by atoms with van der Waals surface area (Å²) in [6.07, 6.45) is -4.34. The van der Waals surface area contributed by atoms with E-state index in [1.54, 1.807) is 18.4 Å². The van der Waals surface area contributed by atoms with E-state index < -0.39 is 11.7 Å². The molecule has 2 aromatic rings. The van der Waals surface area contributed by atoms with Gasteiger partial charge in [0.05, 0.1) is 5.56 Å². The Bertz CT molecular complexity index is 633. The second-order valence-electron chi connectivity index (χ2n) is 4.40. The molecule has 0 spiro atoms. The molecule has 0 aliphatic heterocycles. The minimum atomic E-state index is -4.34. The molecule has 2 N–H and O–H groups in total. The topological polar surface area (TPSA) is 44.9 Å². The highest BCUT2D eigenvalue weighted by molar-refractivity contribution is 7.07. The summed E-state index contributed by atoms with van der Waals surface area (Å²) in [5.74, 6) is 0. The predicted octanol–water partition coefficient (Wildman–Crippen LogP) is 3.31. The summed E-state index contributed by atoms with van der Waals surface area (Å²) in [6.45, 7) is 2.18. The molecule has 20 heavy (non-hydrogen) atoms. The number of nitrogens with one attached hydrogen (secondary N) is 2. The lowest BCUT2D eigenvalue weighted by molar-refractivity contribution is -0.137. The first-order valence-electron chi connectivity index (χ1n) is 5.93. The Hall–Kier alpha value is -1.60. The smallest absolute Gasteiger partial charge is 0.315 e. The molecule has 2 rings (SSSR count). The number of thiazole rings is 1. The minimum absolute atomic E-state index is 0.145. The van der Waals surface area contributed by atoms with Crippen LogP contribution in [0.3, 0.4) is 0 Å². The summed E-state index contributed by atoms with van der Waals surface area (Å²) < 4.78 is 37.9. The molecule has 1 aromatic heterocycles. The second kappa shape index (κ2) is 5.80. The van der Waals surface area contributed by atoms with Gasteiger partial charge < -0.3 is 10.3 Å². The summed E-state index contributed by atoms with van der Waals surface area (Å²) in [5.41, 5.74) is 0.615. The monoisotopic (exact) mass is 302 g/mol. The van der Waals surface area contributed by atoms with Gasteiger partial charge in [-0.25, -0.2) is 0 Å². The first kappa shape index (κ1) is 14.8. The van der Waals surface area contributed by atoms with Gasteiger partial charge in [-0.3, -0.25) is 4.79 Å². The van der Waals surface area contributed by atoms with Crippen molar-refractivity contribution in [3.63, 3.8) is 0 Å². The van der Waals surface area contributed by atoms with Crippen molar-refractivity contribution in [2.24, 2.45) is 0 Å². The number of halogens is 3. The molecule has 108 valence electrons. The van der Waals surface area contributed by atoms with Crippen molar-refractivity contribution in [3.8, 4) is 0 Å². The number of alkyl halides is 3. The average Bonchev–Trinajstić information content (AvgIpc) is 2.81. The van der Waals surface area contributed by atoms with Crippen LogP contribution in [-0.4, -0.2) is 4.98 Å². The van der Waals surface area contributed by atoms with E-state index in [0.717, 1.165) is 29.2 Å². The van der Waals surface area contributed by atoms with Crippen LogP contribution in [0.25, 0.3) is 0 Å². The van der Waals surface area contributed by atoms with Crippen molar-refractivity contribution < 1.29 is 13.2 Å². The van der Waals surface area contributed by atoms with Crippen LogP contribution in [-0.2, 0) is 12.7 Å². The summed E-state index contributed by atoms with van der Waals surface area (Å²) >= 11 is 1.06. The lowest BCUT2D eigenvalue weighted by atomic mass is 10.0. The molecule has 1 aromatic carbocycles. The van der Waals surface area contributed by atoms with Crippen LogP contribution in [0.1, 0.15) is 29.8 Å². The number of benzene rings is 1. The number of aromatic nitrogens is 1. The number of aromatic amines is 1. The molecule has 0 fully saturated rings. The highest BCUT2D eigenvalue weighted by Crippen LogP contribution is 2.30. The van der Waals surface area contributed by atoms with Gasteiger partial charge in [-0.15, -0.1) is 0 Å². The molecule has 1 heterocycles. The molecular weight excluding hydrogens is 289 g/mol. The van der Waals surface area contributed by atoms with Crippen molar-refractivity contribution in [3.05, 3.63) is 56.1 Å². The number of H-pyrrole nitrogens is 1. The Kier molecular flexibility index (Phi) is 4.29. The van der Waals surface area contributed by atoms with Crippen LogP contribution >= 0.6 is 11.3 Å². The molecule has 0 aliphatic carbocycles. The molecule has 0 amide bonds. The Morgan fingerprint density at radius 3 is 2.75 bits per heavy atom. The zero-order valence-electron chi connectivity index (χ0n) is 10.6. The molecule has 0 radical (unpaired) electrons. The van der Waals surface area contributed by atoms with Gasteiger partial charge in [0.1, 0.15) is 0 Å². The van der Waals surface area contributed by atoms with Crippen LogP contribution in [0, 0.1) is 0 Å². The van der Waals surface area contributed by atoms with Crippen LogP contribution in [0.15, 0.2) is 34.4 Å². The Balaban J connectivity index is 2.05. The van der Waals surface area contributed by atoms with Gasteiger partial charge in [0.15, 0.2) is 0 Å². The quantitative estimate of drug-likeness (QED) is 0.910. The number of hydrogen-bond donors (Lipinski definition) is 2. The van der Waals surface area contributed by atoms with Gasteiger partial charge >= 0.3 is 11.0 Å². The van der Waals surface area contributed by atoms with Crippen LogP contribution in [0.2, 0.25) is 0 Å². The molecule has 1 unspecified atom stereocenters. The van der Waals surface area contributed by atoms with Crippen molar-refractivity contribution in [1.82, 2.24) is 10.3 Å². The molecule has 0 aliphatic rings. The van der Waals surface area contributed by atoms with Crippen LogP contribution < -0.4 is 10.2 Å². The van der Waals surface area contributed by atoms with E-state index in [0.29, 0.717) is 12.1 Å². The van der Waals surface area contributed by atoms with E-state index in [-0.39, 0.29) is 10.9 Å². The molecule has 0 saturated carbocycles. The van der Waals surface area contributed by atoms with E-state index in [1.165, 1.54) is 6.07 Å². The van der Waals surface area contributed by atoms with E-state index in [1.807, 2.05) is 0 Å². The SMILES string of the molecule is CC(NCc1csc(=O)[nH]1)c1cccc(C(F)(F)F)c1. The predicted molar refractivity (Wildman–Crippen MR) is 71.6 cm³/mol. The fourth-order valence-electron chi connectivity index (χ4n) is 1.77. The Morgan fingerprint density at radius 1 is 1.40 bits per heavy atom. The van der Waals surface area contributed by atoms with Crippen LogP contribution in [0.5, 0.6) is 0 Å². The van der Waals surface area contributed by atoms with Crippen molar-refractivity contribution >= 4 is 11.3 Å². The summed E-state index contributed by atoms with van der Waals surface area (Å²) in [5, 5.41) is 4.77. The van der Waals surface area contributed by atoms with Crippen LogP contribution in [0.4, 0.5) is 13.2 Å². The first-order valence-corrected chi connectivity index (χ1v) is 6.81. The van der Waals surface area contributed by atoms with E-state index in [2.05, 4.69) is 10.3 Å². The second-order valence-corrected chi connectivity index (χ2v) is 5.24. The molecule has 7 heteroatoms. The third-order valence-electron chi connectivity index (χ3n) is 2.88. The van der Waals surface area contributed by atoms with Crippen molar-refractivity contribution in [1.29, 1.82) is 0 Å². The minimum Gasteiger partial charge on any atom is -0.315 e. The van der Waals surface area contributed by atoms with Gasteiger partial charge in [-0.1, -0.05) is 23.5 Å². The highest BCUT2D eigenvalue weighted by atomic mass is 32.1.